The predicted octanol–water partition coefficient (Wildman–Crippen LogP) is 5.74. The molecule has 3 rings (SSSR count). The first-order chi connectivity index (χ1) is 17.2. The Morgan fingerprint density at radius 2 is 1.06 bits per heavy atom. The van der Waals surface area contributed by atoms with Gasteiger partial charge in [-0.25, -0.2) is 9.59 Å². The molecule has 0 heterocycles. The maximum absolute atomic E-state index is 12.9. The maximum Gasteiger partial charge on any atom is 0.452 e. The number of hydrogen-bond acceptors (Lipinski definition) is 4. The molecule has 2 amide bonds. The second-order valence-electron chi connectivity index (χ2n) is 8.23. The molecule has 0 radical (unpaired) electrons. The SMILES string of the molecule is CCCCCCCCOC(=O)N=NC(=O)O[Si](c1ccccc1)(c1ccccc1)c1ccccc1. The number of carbonyl (C=O) groups excluding carboxylic acids is 2. The number of carbonyl (C=O) groups is 2. The van der Waals surface area contributed by atoms with E-state index < -0.39 is 20.5 Å². The molecule has 3 aromatic rings. The van der Waals surface area contributed by atoms with Crippen LogP contribution in [0.25, 0.3) is 0 Å². The van der Waals surface area contributed by atoms with Gasteiger partial charge in [0.15, 0.2) is 0 Å². The van der Waals surface area contributed by atoms with Crippen LogP contribution in [0.3, 0.4) is 0 Å². The fraction of sp³-hybridized carbons (Fsp3) is 0.286. The molecule has 0 atom stereocenters. The van der Waals surface area contributed by atoms with Gasteiger partial charge in [0, 0.05) is 0 Å². The Labute approximate surface area is 208 Å². The Morgan fingerprint density at radius 1 is 0.629 bits per heavy atom. The molecule has 0 aliphatic rings. The molecule has 0 saturated carbocycles. The van der Waals surface area contributed by atoms with Gasteiger partial charge in [-0.2, -0.15) is 0 Å². The van der Waals surface area contributed by atoms with Crippen molar-refractivity contribution in [1.29, 1.82) is 0 Å². The van der Waals surface area contributed by atoms with Gasteiger partial charge in [0.1, 0.15) is 0 Å². The van der Waals surface area contributed by atoms with E-state index >= 15 is 0 Å². The number of nitrogens with zero attached hydrogens (tertiary/aromatic N) is 2. The zero-order chi connectivity index (χ0) is 24.8. The van der Waals surface area contributed by atoms with Crippen molar-refractivity contribution in [2.75, 3.05) is 6.61 Å². The van der Waals surface area contributed by atoms with Gasteiger partial charge in [0.2, 0.25) is 0 Å². The maximum atomic E-state index is 12.9. The highest BCUT2D eigenvalue weighted by Crippen LogP contribution is 2.11. The Balaban J connectivity index is 1.76. The highest BCUT2D eigenvalue weighted by molar-refractivity contribution is 7.07. The third-order valence-corrected chi connectivity index (χ3v) is 9.64. The van der Waals surface area contributed by atoms with E-state index in [2.05, 4.69) is 17.2 Å². The Morgan fingerprint density at radius 3 is 1.54 bits per heavy atom. The average Bonchev–Trinajstić information content (AvgIpc) is 2.91. The number of rotatable bonds is 11. The van der Waals surface area contributed by atoms with Crippen LogP contribution < -0.4 is 15.6 Å². The highest BCUT2D eigenvalue weighted by atomic mass is 28.4. The van der Waals surface area contributed by atoms with Crippen molar-refractivity contribution in [3.63, 3.8) is 0 Å². The smallest absolute Gasteiger partial charge is 0.452 e. The molecule has 0 aromatic heterocycles. The van der Waals surface area contributed by atoms with E-state index in [1.54, 1.807) is 0 Å². The predicted molar refractivity (Wildman–Crippen MR) is 140 cm³/mol. The molecule has 0 spiro atoms. The molecule has 182 valence electrons. The van der Waals surface area contributed by atoms with Gasteiger partial charge in [0.05, 0.1) is 6.61 Å². The van der Waals surface area contributed by atoms with Gasteiger partial charge in [-0.3, -0.25) is 0 Å². The van der Waals surface area contributed by atoms with Crippen molar-refractivity contribution in [3.05, 3.63) is 91.0 Å². The molecular weight excluding hydrogens is 456 g/mol. The topological polar surface area (TPSA) is 77.3 Å². The zero-order valence-electron chi connectivity index (χ0n) is 20.1. The molecule has 0 fully saturated rings. The molecule has 0 bridgehead atoms. The van der Waals surface area contributed by atoms with Crippen molar-refractivity contribution in [3.8, 4) is 0 Å². The highest BCUT2D eigenvalue weighted by Gasteiger charge is 2.45. The summed E-state index contributed by atoms with van der Waals surface area (Å²) >= 11 is 0. The van der Waals surface area contributed by atoms with E-state index in [4.69, 9.17) is 9.16 Å². The summed E-state index contributed by atoms with van der Waals surface area (Å²) in [7, 11) is -3.26. The van der Waals surface area contributed by atoms with Gasteiger partial charge in [-0.15, -0.1) is 0 Å². The van der Waals surface area contributed by atoms with E-state index in [1.807, 2.05) is 91.0 Å². The average molecular weight is 489 g/mol. The second-order valence-corrected chi connectivity index (χ2v) is 11.5. The second kappa shape index (κ2) is 14.0. The summed E-state index contributed by atoms with van der Waals surface area (Å²) < 4.78 is 11.2. The van der Waals surface area contributed by atoms with E-state index in [1.165, 1.54) is 19.3 Å². The summed E-state index contributed by atoms with van der Waals surface area (Å²) in [6, 6.07) is 28.9. The third-order valence-electron chi connectivity index (χ3n) is 5.72. The Bertz CT molecular complexity index is 979. The molecule has 0 aliphatic heterocycles. The summed E-state index contributed by atoms with van der Waals surface area (Å²) in [6.45, 7) is 2.43. The monoisotopic (exact) mass is 488 g/mol. The van der Waals surface area contributed by atoms with Crippen molar-refractivity contribution < 1.29 is 18.8 Å². The summed E-state index contributed by atoms with van der Waals surface area (Å²) in [6.07, 6.45) is 4.65. The Hall–Kier alpha value is -3.58. The van der Waals surface area contributed by atoms with Crippen molar-refractivity contribution >= 4 is 36.1 Å². The molecule has 35 heavy (non-hydrogen) atoms. The first-order valence-electron chi connectivity index (χ1n) is 12.1. The number of benzene rings is 3. The van der Waals surface area contributed by atoms with E-state index in [0.29, 0.717) is 0 Å². The molecule has 6 nitrogen and oxygen atoms in total. The van der Waals surface area contributed by atoms with Crippen LogP contribution in [-0.4, -0.2) is 27.1 Å². The quantitative estimate of drug-likeness (QED) is 0.149. The largest absolute Gasteiger partial charge is 0.487 e. The van der Waals surface area contributed by atoms with Crippen LogP contribution in [0.1, 0.15) is 45.4 Å². The van der Waals surface area contributed by atoms with Crippen LogP contribution >= 0.6 is 0 Å². The lowest BCUT2D eigenvalue weighted by Crippen LogP contribution is -2.69. The number of ether oxygens (including phenoxy) is 1. The minimum absolute atomic E-state index is 0.260. The van der Waals surface area contributed by atoms with E-state index in [9.17, 15) is 9.59 Å². The molecule has 0 aliphatic carbocycles. The van der Waals surface area contributed by atoms with Gasteiger partial charge in [0.25, 0.3) is 0 Å². The summed E-state index contributed by atoms with van der Waals surface area (Å²) in [5.74, 6) is 0. The van der Waals surface area contributed by atoms with Crippen molar-refractivity contribution in [1.82, 2.24) is 0 Å². The fourth-order valence-electron chi connectivity index (χ4n) is 4.00. The Kier molecular flexibility index (Phi) is 10.4. The summed E-state index contributed by atoms with van der Waals surface area (Å²) in [5.41, 5.74) is 0. The minimum atomic E-state index is -3.26. The van der Waals surface area contributed by atoms with Crippen LogP contribution in [0.4, 0.5) is 9.59 Å². The summed E-state index contributed by atoms with van der Waals surface area (Å²) in [5, 5.41) is 9.64. The molecular formula is C28H32N2O4Si. The molecule has 3 aromatic carbocycles. The van der Waals surface area contributed by atoms with Crippen LogP contribution in [0.5, 0.6) is 0 Å². The normalized spacial score (nSPS) is 11.3. The lowest BCUT2D eigenvalue weighted by Gasteiger charge is -2.31. The zero-order valence-corrected chi connectivity index (χ0v) is 21.1. The van der Waals surface area contributed by atoms with Crippen molar-refractivity contribution in [2.24, 2.45) is 10.2 Å². The summed E-state index contributed by atoms with van der Waals surface area (Å²) in [4.78, 5) is 24.9. The van der Waals surface area contributed by atoms with Gasteiger partial charge in [-0.1, -0.05) is 140 Å². The fourth-order valence-corrected chi connectivity index (χ4v) is 7.64. The number of hydrogen-bond donors (Lipinski definition) is 0. The number of amides is 2. The lowest BCUT2D eigenvalue weighted by molar-refractivity contribution is 0.151. The number of unbranched alkanes of at least 4 members (excludes halogenated alkanes) is 5. The van der Waals surface area contributed by atoms with Gasteiger partial charge in [-0.05, 0) is 22.0 Å². The molecule has 0 unspecified atom stereocenters. The molecule has 0 N–H and O–H groups in total. The molecule has 7 heteroatoms. The van der Waals surface area contributed by atoms with Gasteiger partial charge < -0.3 is 9.16 Å². The van der Waals surface area contributed by atoms with Crippen LogP contribution in [0, 0.1) is 0 Å². The van der Waals surface area contributed by atoms with Crippen LogP contribution in [-0.2, 0) is 9.16 Å². The van der Waals surface area contributed by atoms with E-state index in [0.717, 1.165) is 34.8 Å². The van der Waals surface area contributed by atoms with Crippen LogP contribution in [0.2, 0.25) is 0 Å². The minimum Gasteiger partial charge on any atom is -0.487 e. The third kappa shape index (κ3) is 7.45. The number of azo groups is 1. The van der Waals surface area contributed by atoms with Crippen LogP contribution in [0.15, 0.2) is 101 Å². The van der Waals surface area contributed by atoms with E-state index in [-0.39, 0.29) is 6.61 Å². The first kappa shape index (κ1) is 26.0. The molecule has 0 saturated heterocycles. The first-order valence-corrected chi connectivity index (χ1v) is 14.1. The standard InChI is InChI=1S/C28H32N2O4Si/c1-2-3-4-5-6-16-23-33-27(31)29-30-28(32)34-35(24-17-10-7-11-18-24,25-19-12-8-13-20-25)26-21-14-9-15-22-26/h7-15,17-22H,2-6,16,23H2,1H3. The lowest BCUT2D eigenvalue weighted by atomic mass is 10.1. The van der Waals surface area contributed by atoms with Gasteiger partial charge >= 0.3 is 20.5 Å². The van der Waals surface area contributed by atoms with Crippen molar-refractivity contribution in [2.45, 2.75) is 45.4 Å².